The van der Waals surface area contributed by atoms with E-state index in [1.54, 1.807) is 0 Å². The van der Waals surface area contributed by atoms with E-state index in [0.717, 1.165) is 18.5 Å². The number of nitrogens with one attached hydrogen (secondary N) is 2. The van der Waals surface area contributed by atoms with Crippen LogP contribution in [0.3, 0.4) is 0 Å². The van der Waals surface area contributed by atoms with Crippen molar-refractivity contribution < 1.29 is 4.79 Å². The van der Waals surface area contributed by atoms with Gasteiger partial charge in [-0.1, -0.05) is 44.5 Å². The second-order valence-electron chi connectivity index (χ2n) is 5.02. The van der Waals surface area contributed by atoms with Crippen molar-refractivity contribution in [1.82, 2.24) is 10.6 Å². The quantitative estimate of drug-likeness (QED) is 0.754. The highest BCUT2D eigenvalue weighted by Gasteiger charge is 2.17. The number of carbonyl (C=O) groups is 1. The minimum absolute atomic E-state index is 0.0215. The van der Waals surface area contributed by atoms with Crippen molar-refractivity contribution in [2.75, 3.05) is 13.1 Å². The Morgan fingerprint density at radius 3 is 2.42 bits per heavy atom. The Hall–Kier alpha value is -1.06. The first kappa shape index (κ1) is 16.0. The molecular weight excluding hydrogens is 260 g/mol. The summed E-state index contributed by atoms with van der Waals surface area (Å²) in [6.45, 7) is 7.50. The van der Waals surface area contributed by atoms with E-state index in [-0.39, 0.29) is 11.9 Å². The number of carbonyl (C=O) groups excluding carboxylic acids is 1. The van der Waals surface area contributed by atoms with Crippen LogP contribution in [0.2, 0.25) is 5.02 Å². The third-order valence-corrected chi connectivity index (χ3v) is 3.18. The third kappa shape index (κ3) is 5.62. The van der Waals surface area contributed by atoms with Gasteiger partial charge < -0.3 is 10.6 Å². The lowest BCUT2D eigenvalue weighted by atomic mass is 9.96. The molecule has 106 valence electrons. The van der Waals surface area contributed by atoms with E-state index in [2.05, 4.69) is 31.4 Å². The lowest BCUT2D eigenvalue weighted by Gasteiger charge is -2.23. The molecule has 1 rings (SSSR count). The summed E-state index contributed by atoms with van der Waals surface area (Å²) in [6, 6.07) is 7.66. The maximum Gasteiger partial charge on any atom is 0.234 e. The number of amides is 1. The molecule has 2 N–H and O–H groups in total. The van der Waals surface area contributed by atoms with Gasteiger partial charge in [-0.3, -0.25) is 4.79 Å². The molecule has 1 unspecified atom stereocenters. The zero-order valence-electron chi connectivity index (χ0n) is 11.9. The molecule has 0 saturated heterocycles. The molecule has 0 fully saturated rings. The normalized spacial score (nSPS) is 12.5. The van der Waals surface area contributed by atoms with Gasteiger partial charge in [0.2, 0.25) is 5.91 Å². The van der Waals surface area contributed by atoms with Gasteiger partial charge in [-0.05, 0) is 36.6 Å². The smallest absolute Gasteiger partial charge is 0.234 e. The molecule has 0 spiro atoms. The summed E-state index contributed by atoms with van der Waals surface area (Å²) in [5.74, 6) is 0.360. The summed E-state index contributed by atoms with van der Waals surface area (Å²) < 4.78 is 0. The third-order valence-electron chi connectivity index (χ3n) is 2.92. The number of rotatable bonds is 7. The van der Waals surface area contributed by atoms with Crippen LogP contribution < -0.4 is 10.6 Å². The number of hydrogen-bond donors (Lipinski definition) is 2. The molecule has 19 heavy (non-hydrogen) atoms. The fourth-order valence-corrected chi connectivity index (χ4v) is 2.03. The van der Waals surface area contributed by atoms with Gasteiger partial charge in [0.1, 0.15) is 0 Å². The molecule has 1 aromatic carbocycles. The lowest BCUT2D eigenvalue weighted by Crippen LogP contribution is -2.38. The zero-order valence-corrected chi connectivity index (χ0v) is 12.6. The van der Waals surface area contributed by atoms with Gasteiger partial charge in [0.25, 0.3) is 0 Å². The van der Waals surface area contributed by atoms with Crippen molar-refractivity contribution >= 4 is 17.5 Å². The van der Waals surface area contributed by atoms with Crippen LogP contribution in [0, 0.1) is 5.92 Å². The molecule has 1 aromatic rings. The summed E-state index contributed by atoms with van der Waals surface area (Å²) in [6.07, 6.45) is 1.03. The first-order valence-corrected chi connectivity index (χ1v) is 7.18. The minimum atomic E-state index is 0.0215. The minimum Gasteiger partial charge on any atom is -0.348 e. The average Bonchev–Trinajstić information content (AvgIpc) is 2.37. The standard InChI is InChI=1S/C15H23ClN2O/c1-4-9-17-10-14(19)18-15(11(2)3)12-5-7-13(16)8-6-12/h5-8,11,15,17H,4,9-10H2,1-3H3,(H,18,19). The van der Waals surface area contributed by atoms with E-state index < -0.39 is 0 Å². The Morgan fingerprint density at radius 1 is 1.26 bits per heavy atom. The van der Waals surface area contributed by atoms with E-state index in [0.29, 0.717) is 17.5 Å². The Balaban J connectivity index is 2.63. The van der Waals surface area contributed by atoms with Crippen molar-refractivity contribution in [3.8, 4) is 0 Å². The monoisotopic (exact) mass is 282 g/mol. The molecule has 0 bridgehead atoms. The van der Waals surface area contributed by atoms with E-state index in [1.807, 2.05) is 24.3 Å². The van der Waals surface area contributed by atoms with E-state index in [9.17, 15) is 4.79 Å². The van der Waals surface area contributed by atoms with Crippen molar-refractivity contribution in [3.63, 3.8) is 0 Å². The average molecular weight is 283 g/mol. The van der Waals surface area contributed by atoms with Gasteiger partial charge in [-0.25, -0.2) is 0 Å². The van der Waals surface area contributed by atoms with Crippen molar-refractivity contribution in [3.05, 3.63) is 34.9 Å². The molecule has 0 radical (unpaired) electrons. The maximum absolute atomic E-state index is 11.9. The molecule has 0 aliphatic heterocycles. The number of hydrogen-bond acceptors (Lipinski definition) is 2. The molecule has 0 heterocycles. The largest absolute Gasteiger partial charge is 0.348 e. The molecular formula is C15H23ClN2O. The van der Waals surface area contributed by atoms with Gasteiger partial charge in [-0.15, -0.1) is 0 Å². The van der Waals surface area contributed by atoms with Gasteiger partial charge in [0.05, 0.1) is 12.6 Å². The van der Waals surface area contributed by atoms with Gasteiger partial charge in [-0.2, -0.15) is 0 Å². The second kappa shape index (κ2) is 8.18. The topological polar surface area (TPSA) is 41.1 Å². The molecule has 1 amide bonds. The van der Waals surface area contributed by atoms with Crippen LogP contribution in [0.15, 0.2) is 24.3 Å². The van der Waals surface area contributed by atoms with Crippen LogP contribution >= 0.6 is 11.6 Å². The fourth-order valence-electron chi connectivity index (χ4n) is 1.91. The summed E-state index contributed by atoms with van der Waals surface area (Å²) >= 11 is 5.89. The lowest BCUT2D eigenvalue weighted by molar-refractivity contribution is -0.121. The predicted molar refractivity (Wildman–Crippen MR) is 80.3 cm³/mol. The molecule has 0 aliphatic carbocycles. The highest BCUT2D eigenvalue weighted by Crippen LogP contribution is 2.23. The van der Waals surface area contributed by atoms with Crippen LogP contribution in [0.1, 0.15) is 38.8 Å². The zero-order chi connectivity index (χ0) is 14.3. The molecule has 0 aromatic heterocycles. The first-order valence-electron chi connectivity index (χ1n) is 6.80. The second-order valence-corrected chi connectivity index (χ2v) is 5.45. The van der Waals surface area contributed by atoms with Crippen LogP contribution in [0.4, 0.5) is 0 Å². The number of benzene rings is 1. The van der Waals surface area contributed by atoms with E-state index >= 15 is 0 Å². The summed E-state index contributed by atoms with van der Waals surface area (Å²) in [7, 11) is 0. The van der Waals surface area contributed by atoms with Crippen LogP contribution in [-0.2, 0) is 4.79 Å². The SMILES string of the molecule is CCCNCC(=O)NC(c1ccc(Cl)cc1)C(C)C. The number of halogens is 1. The summed E-state index contributed by atoms with van der Waals surface area (Å²) in [5.41, 5.74) is 1.09. The summed E-state index contributed by atoms with van der Waals surface area (Å²) in [4.78, 5) is 11.9. The van der Waals surface area contributed by atoms with Gasteiger partial charge in [0.15, 0.2) is 0 Å². The van der Waals surface area contributed by atoms with Gasteiger partial charge >= 0.3 is 0 Å². The Labute approximate surface area is 120 Å². The molecule has 3 nitrogen and oxygen atoms in total. The van der Waals surface area contributed by atoms with Crippen LogP contribution in [0.25, 0.3) is 0 Å². The van der Waals surface area contributed by atoms with Crippen LogP contribution in [-0.4, -0.2) is 19.0 Å². The summed E-state index contributed by atoms with van der Waals surface area (Å²) in [5, 5.41) is 6.88. The molecule has 1 atom stereocenters. The Bertz CT molecular complexity index is 390. The van der Waals surface area contributed by atoms with Crippen molar-refractivity contribution in [2.45, 2.75) is 33.2 Å². The first-order chi connectivity index (χ1) is 9.04. The highest BCUT2D eigenvalue weighted by atomic mass is 35.5. The van der Waals surface area contributed by atoms with Crippen LogP contribution in [0.5, 0.6) is 0 Å². The van der Waals surface area contributed by atoms with E-state index in [1.165, 1.54) is 0 Å². The molecule has 4 heteroatoms. The maximum atomic E-state index is 11.9. The Morgan fingerprint density at radius 2 is 1.89 bits per heavy atom. The molecule has 0 saturated carbocycles. The predicted octanol–water partition coefficient (Wildman–Crippen LogP) is 3.15. The highest BCUT2D eigenvalue weighted by molar-refractivity contribution is 6.30. The molecule has 0 aliphatic rings. The Kier molecular flexibility index (Phi) is 6.89. The van der Waals surface area contributed by atoms with E-state index in [4.69, 9.17) is 11.6 Å². The fraction of sp³-hybridized carbons (Fsp3) is 0.533. The van der Waals surface area contributed by atoms with Gasteiger partial charge in [0, 0.05) is 5.02 Å². The van der Waals surface area contributed by atoms with Crippen molar-refractivity contribution in [2.24, 2.45) is 5.92 Å². The van der Waals surface area contributed by atoms with Crippen molar-refractivity contribution in [1.29, 1.82) is 0 Å².